The van der Waals surface area contributed by atoms with Crippen LogP contribution in [0, 0.1) is 0 Å². The Morgan fingerprint density at radius 2 is 2.08 bits per heavy atom. The predicted molar refractivity (Wildman–Crippen MR) is 57.8 cm³/mol. The molecule has 0 aromatic rings. The Hall–Kier alpha value is 0.137. The minimum absolute atomic E-state index is 0.0891. The lowest BCUT2D eigenvalue weighted by Gasteiger charge is -2.19. The summed E-state index contributed by atoms with van der Waals surface area (Å²) < 4.78 is 10.9. The average Bonchev–Trinajstić information content (AvgIpc) is 2.77. The second kappa shape index (κ2) is 5.13. The first-order valence-corrected chi connectivity index (χ1v) is 6.91. The summed E-state index contributed by atoms with van der Waals surface area (Å²) in [5.41, 5.74) is 0.0891. The van der Waals surface area contributed by atoms with E-state index in [1.54, 1.807) is 0 Å². The summed E-state index contributed by atoms with van der Waals surface area (Å²) in [6, 6.07) is 1.32. The quantitative estimate of drug-likeness (QED) is 0.373. The van der Waals surface area contributed by atoms with Crippen molar-refractivity contribution in [3.8, 4) is 0 Å². The van der Waals surface area contributed by atoms with E-state index in [9.17, 15) is 0 Å². The summed E-state index contributed by atoms with van der Waals surface area (Å²) in [6.45, 7) is 7.42. The Balaban J connectivity index is 1.78. The Morgan fingerprint density at radius 1 is 1.38 bits per heavy atom. The summed E-state index contributed by atoms with van der Waals surface area (Å²) in [5.74, 6) is 0. The van der Waals surface area contributed by atoms with Gasteiger partial charge in [-0.15, -0.1) is 0 Å². The number of hydrogen-bond donors (Lipinski definition) is 0. The topological polar surface area (TPSA) is 21.8 Å². The van der Waals surface area contributed by atoms with Crippen molar-refractivity contribution in [2.45, 2.75) is 57.8 Å². The third-order valence-corrected chi connectivity index (χ3v) is 3.97. The molecule has 0 N–H and O–H groups in total. The van der Waals surface area contributed by atoms with Gasteiger partial charge in [0.05, 0.1) is 12.7 Å². The summed E-state index contributed by atoms with van der Waals surface area (Å²) in [5, 5.41) is 0. The Bertz CT molecular complexity index is 138. The number of rotatable bonds is 6. The van der Waals surface area contributed by atoms with E-state index in [0.29, 0.717) is 6.10 Å². The van der Waals surface area contributed by atoms with Crippen molar-refractivity contribution in [3.63, 3.8) is 0 Å². The zero-order valence-electron chi connectivity index (χ0n) is 9.14. The minimum atomic E-state index is -0.258. The third kappa shape index (κ3) is 7.23. The maximum Gasteiger partial charge on any atom is 0.162 e. The molecule has 0 aliphatic carbocycles. The Labute approximate surface area is 83.9 Å². The normalized spacial score (nSPS) is 22.8. The van der Waals surface area contributed by atoms with Gasteiger partial charge in [-0.2, -0.15) is 0 Å². The molecule has 78 valence electrons. The molecule has 1 atom stereocenters. The Morgan fingerprint density at radius 3 is 2.62 bits per heavy atom. The highest BCUT2D eigenvalue weighted by Crippen LogP contribution is 2.17. The van der Waals surface area contributed by atoms with Crippen molar-refractivity contribution in [1.82, 2.24) is 0 Å². The van der Waals surface area contributed by atoms with Gasteiger partial charge in [0.1, 0.15) is 0 Å². The average molecular weight is 202 g/mol. The van der Waals surface area contributed by atoms with Crippen LogP contribution in [0.1, 0.15) is 40.0 Å². The predicted octanol–water partition coefficient (Wildman–Crippen LogP) is 1.87. The summed E-state index contributed by atoms with van der Waals surface area (Å²) in [6.07, 6.45) is 4.54. The molecule has 13 heavy (non-hydrogen) atoms. The molecule has 1 saturated heterocycles. The number of ether oxygens (including phenoxy) is 1. The molecule has 0 amide bonds. The second-order valence-corrected chi connectivity index (χ2v) is 6.17. The molecule has 0 aromatic carbocycles. The fourth-order valence-corrected chi connectivity index (χ4v) is 2.58. The van der Waals surface area contributed by atoms with Crippen LogP contribution >= 0.6 is 0 Å². The molecule has 1 aliphatic heterocycles. The van der Waals surface area contributed by atoms with E-state index < -0.39 is 0 Å². The minimum Gasteiger partial charge on any atom is -0.419 e. The lowest BCUT2D eigenvalue weighted by molar-refractivity contribution is 0.138. The van der Waals surface area contributed by atoms with Crippen LogP contribution in [0.5, 0.6) is 0 Å². The molecule has 1 rings (SSSR count). The van der Waals surface area contributed by atoms with E-state index in [-0.39, 0.29) is 15.4 Å². The molecular formula is C10H22O2Si. The van der Waals surface area contributed by atoms with Crippen molar-refractivity contribution >= 4 is 9.76 Å². The maximum absolute atomic E-state index is 5.76. The summed E-state index contributed by atoms with van der Waals surface area (Å²) in [4.78, 5) is 0. The second-order valence-electron chi connectivity index (χ2n) is 4.77. The van der Waals surface area contributed by atoms with Gasteiger partial charge in [-0.1, -0.05) is 12.8 Å². The van der Waals surface area contributed by atoms with E-state index in [1.807, 2.05) is 0 Å². The van der Waals surface area contributed by atoms with Crippen molar-refractivity contribution in [2.24, 2.45) is 0 Å². The zero-order valence-corrected chi connectivity index (χ0v) is 10.6. The van der Waals surface area contributed by atoms with E-state index in [1.165, 1.54) is 25.3 Å². The van der Waals surface area contributed by atoms with Gasteiger partial charge in [-0.05, 0) is 33.2 Å². The first kappa shape index (κ1) is 11.2. The molecule has 1 unspecified atom stereocenters. The van der Waals surface area contributed by atoms with Gasteiger partial charge in [0, 0.05) is 5.60 Å². The molecule has 0 spiro atoms. The molecule has 0 radical (unpaired) electrons. The highest BCUT2D eigenvalue weighted by atomic mass is 28.2. The number of hydrogen-bond acceptors (Lipinski definition) is 2. The maximum atomic E-state index is 5.76. The highest BCUT2D eigenvalue weighted by molar-refractivity contribution is 6.27. The first-order valence-electron chi connectivity index (χ1n) is 5.33. The smallest absolute Gasteiger partial charge is 0.162 e. The fourth-order valence-electron chi connectivity index (χ4n) is 1.26. The van der Waals surface area contributed by atoms with Crippen LogP contribution in [0.2, 0.25) is 6.04 Å². The third-order valence-electron chi connectivity index (χ3n) is 2.11. The molecule has 2 nitrogen and oxygen atoms in total. The van der Waals surface area contributed by atoms with Gasteiger partial charge in [-0.25, -0.2) is 0 Å². The van der Waals surface area contributed by atoms with Crippen molar-refractivity contribution in [2.75, 3.05) is 6.61 Å². The van der Waals surface area contributed by atoms with Crippen LogP contribution in [0.4, 0.5) is 0 Å². The van der Waals surface area contributed by atoms with Crippen LogP contribution in [-0.2, 0) is 9.16 Å². The van der Waals surface area contributed by atoms with Crippen molar-refractivity contribution < 1.29 is 9.16 Å². The van der Waals surface area contributed by atoms with Crippen LogP contribution in [0.15, 0.2) is 0 Å². The van der Waals surface area contributed by atoms with Gasteiger partial charge >= 0.3 is 0 Å². The van der Waals surface area contributed by atoms with Gasteiger partial charge in [-0.3, -0.25) is 0 Å². The van der Waals surface area contributed by atoms with Gasteiger partial charge in [0.2, 0.25) is 0 Å². The monoisotopic (exact) mass is 202 g/mol. The van der Waals surface area contributed by atoms with Gasteiger partial charge in [0.15, 0.2) is 9.76 Å². The van der Waals surface area contributed by atoms with E-state index in [4.69, 9.17) is 9.16 Å². The summed E-state index contributed by atoms with van der Waals surface area (Å²) in [7, 11) is -0.258. The van der Waals surface area contributed by atoms with E-state index in [0.717, 1.165) is 6.61 Å². The first-order chi connectivity index (χ1) is 6.08. The van der Waals surface area contributed by atoms with E-state index >= 15 is 0 Å². The highest BCUT2D eigenvalue weighted by Gasteiger charge is 2.20. The number of unbranched alkanes of at least 4 members (excludes halogenated alkanes) is 1. The number of epoxide rings is 1. The molecule has 3 heteroatoms. The largest absolute Gasteiger partial charge is 0.419 e. The Kier molecular flexibility index (Phi) is 4.42. The molecule has 1 aliphatic rings. The molecule has 1 fully saturated rings. The molecule has 1 heterocycles. The molecular weight excluding hydrogens is 180 g/mol. The van der Waals surface area contributed by atoms with Crippen LogP contribution < -0.4 is 0 Å². The summed E-state index contributed by atoms with van der Waals surface area (Å²) >= 11 is 0. The molecule has 0 aromatic heterocycles. The zero-order chi connectivity index (χ0) is 9.73. The van der Waals surface area contributed by atoms with Crippen LogP contribution in [0.25, 0.3) is 0 Å². The van der Waals surface area contributed by atoms with Crippen LogP contribution in [-0.4, -0.2) is 28.1 Å². The standard InChI is InChI=1S/C10H22O2Si/c1-10(2,3)12-13-7-5-4-6-9-8-11-9/h9H,4-8,13H2,1-3H3. The molecule has 0 saturated carbocycles. The van der Waals surface area contributed by atoms with Crippen LogP contribution in [0.3, 0.4) is 0 Å². The lowest BCUT2D eigenvalue weighted by atomic mass is 10.2. The van der Waals surface area contributed by atoms with Crippen molar-refractivity contribution in [1.29, 1.82) is 0 Å². The lowest BCUT2D eigenvalue weighted by Crippen LogP contribution is -2.21. The van der Waals surface area contributed by atoms with Crippen molar-refractivity contribution in [3.05, 3.63) is 0 Å². The van der Waals surface area contributed by atoms with Gasteiger partial charge < -0.3 is 9.16 Å². The SMILES string of the molecule is CC(C)(C)O[SiH2]CCCCC1CO1. The molecule has 0 bridgehead atoms. The fraction of sp³-hybridized carbons (Fsp3) is 1.00. The van der Waals surface area contributed by atoms with Gasteiger partial charge in [0.25, 0.3) is 0 Å². The van der Waals surface area contributed by atoms with E-state index in [2.05, 4.69) is 20.8 Å².